The third kappa shape index (κ3) is 4.68. The third-order valence-corrected chi connectivity index (χ3v) is 3.33. The number of ether oxygens (including phenoxy) is 2. The van der Waals surface area contributed by atoms with Gasteiger partial charge in [0.2, 0.25) is 5.91 Å². The molecule has 0 aromatic heterocycles. The third-order valence-electron chi connectivity index (χ3n) is 3.33. The summed E-state index contributed by atoms with van der Waals surface area (Å²) < 4.78 is 10.1. The number of nitrogens with one attached hydrogen (secondary N) is 1. The number of benzene rings is 1. The normalized spacial score (nSPS) is 10.8. The number of hydrogen-bond acceptors (Lipinski definition) is 6. The Balaban J connectivity index is 3.03. The first-order chi connectivity index (χ1) is 11.2. The van der Waals surface area contributed by atoms with E-state index in [1.807, 2.05) is 6.92 Å². The quantitative estimate of drug-likeness (QED) is 0.443. The van der Waals surface area contributed by atoms with Crippen LogP contribution in [0, 0.1) is 15.5 Å². The predicted molar refractivity (Wildman–Crippen MR) is 87.0 cm³/mol. The lowest BCUT2D eigenvalue weighted by molar-refractivity contribution is -0.385. The fourth-order valence-electron chi connectivity index (χ4n) is 1.90. The lowest BCUT2D eigenvalue weighted by atomic mass is 9.93. The van der Waals surface area contributed by atoms with Gasteiger partial charge in [0, 0.05) is 12.6 Å². The van der Waals surface area contributed by atoms with E-state index in [9.17, 15) is 19.7 Å². The van der Waals surface area contributed by atoms with Crippen LogP contribution in [0.15, 0.2) is 18.2 Å². The molecule has 132 valence electrons. The van der Waals surface area contributed by atoms with E-state index in [4.69, 9.17) is 4.74 Å². The van der Waals surface area contributed by atoms with Gasteiger partial charge in [-0.25, -0.2) is 4.79 Å². The average Bonchev–Trinajstić information content (AvgIpc) is 2.56. The number of carbonyl (C=O) groups excluding carboxylic acids is 2. The zero-order chi connectivity index (χ0) is 18.3. The molecule has 0 aliphatic heterocycles. The second kappa shape index (κ2) is 8.28. The molecule has 1 aromatic carbocycles. The molecule has 0 atom stereocenters. The number of rotatable bonds is 8. The van der Waals surface area contributed by atoms with Crippen LogP contribution < -0.4 is 10.1 Å². The van der Waals surface area contributed by atoms with E-state index in [0.29, 0.717) is 6.54 Å². The van der Waals surface area contributed by atoms with Gasteiger partial charge in [0.1, 0.15) is 12.4 Å². The summed E-state index contributed by atoms with van der Waals surface area (Å²) in [4.78, 5) is 34.4. The van der Waals surface area contributed by atoms with Gasteiger partial charge in [-0.2, -0.15) is 0 Å². The number of methoxy groups -OCH3 is 1. The minimum Gasteiger partial charge on any atom is -0.491 e. The molecule has 0 radical (unpaired) electrons. The van der Waals surface area contributed by atoms with Crippen LogP contribution in [0.4, 0.5) is 5.69 Å². The first-order valence-corrected chi connectivity index (χ1v) is 7.51. The van der Waals surface area contributed by atoms with Gasteiger partial charge in [-0.05, 0) is 26.3 Å². The second-order valence-corrected chi connectivity index (χ2v) is 5.83. The van der Waals surface area contributed by atoms with Crippen LogP contribution in [0.2, 0.25) is 0 Å². The molecule has 1 aromatic rings. The molecule has 1 amide bonds. The lowest BCUT2D eigenvalue weighted by Crippen LogP contribution is -2.41. The summed E-state index contributed by atoms with van der Waals surface area (Å²) in [6.45, 7) is 5.82. The van der Waals surface area contributed by atoms with E-state index in [-0.39, 0.29) is 23.8 Å². The smallest absolute Gasteiger partial charge is 0.348 e. The molecule has 8 nitrogen and oxygen atoms in total. The fourth-order valence-corrected chi connectivity index (χ4v) is 1.90. The van der Waals surface area contributed by atoms with Crippen LogP contribution in [-0.4, -0.2) is 37.1 Å². The molecule has 0 saturated heterocycles. The Bertz CT molecular complexity index is 627. The number of nitro benzene ring substituents is 1. The zero-order valence-corrected chi connectivity index (χ0v) is 14.3. The largest absolute Gasteiger partial charge is 0.491 e. The number of amides is 1. The van der Waals surface area contributed by atoms with Gasteiger partial charge in [0.15, 0.2) is 5.56 Å². The number of carbonyl (C=O) groups is 2. The van der Waals surface area contributed by atoms with E-state index in [2.05, 4.69) is 10.1 Å². The standard InChI is InChI=1S/C16H22N2O6/c1-5-9-17-15(20)16(2,3)10-24-12-8-6-7-11(18(21)22)13(12)14(19)23-4/h6-8H,5,9-10H2,1-4H3,(H,17,20). The Kier molecular flexibility index (Phi) is 6.69. The molecule has 1 rings (SSSR count). The van der Waals surface area contributed by atoms with Crippen molar-refractivity contribution in [3.63, 3.8) is 0 Å². The molecule has 0 fully saturated rings. The van der Waals surface area contributed by atoms with Crippen LogP contribution >= 0.6 is 0 Å². The Morgan fingerprint density at radius 2 is 2.00 bits per heavy atom. The van der Waals surface area contributed by atoms with Crippen molar-refractivity contribution >= 4 is 17.6 Å². The number of hydrogen-bond donors (Lipinski definition) is 1. The highest BCUT2D eigenvalue weighted by atomic mass is 16.6. The van der Waals surface area contributed by atoms with E-state index < -0.39 is 22.0 Å². The van der Waals surface area contributed by atoms with Crippen molar-refractivity contribution < 1.29 is 24.0 Å². The van der Waals surface area contributed by atoms with Gasteiger partial charge in [-0.1, -0.05) is 13.0 Å². The molecule has 24 heavy (non-hydrogen) atoms. The SMILES string of the molecule is CCCNC(=O)C(C)(C)COc1cccc([N+](=O)[O-])c1C(=O)OC. The van der Waals surface area contributed by atoms with Crippen LogP contribution in [0.25, 0.3) is 0 Å². The van der Waals surface area contributed by atoms with Gasteiger partial charge in [-0.3, -0.25) is 14.9 Å². The second-order valence-electron chi connectivity index (χ2n) is 5.83. The molecule has 0 unspecified atom stereocenters. The average molecular weight is 338 g/mol. The minimum absolute atomic E-state index is 0.00687. The maximum Gasteiger partial charge on any atom is 0.348 e. The number of nitrogens with zero attached hydrogens (tertiary/aromatic N) is 1. The summed E-state index contributed by atoms with van der Waals surface area (Å²) in [7, 11) is 1.13. The highest BCUT2D eigenvalue weighted by Crippen LogP contribution is 2.30. The molecular formula is C16H22N2O6. The van der Waals surface area contributed by atoms with Crippen LogP contribution in [0.3, 0.4) is 0 Å². The van der Waals surface area contributed by atoms with Crippen LogP contribution in [0.5, 0.6) is 5.75 Å². The maximum atomic E-state index is 12.1. The topological polar surface area (TPSA) is 108 Å². The summed E-state index contributed by atoms with van der Waals surface area (Å²) >= 11 is 0. The van der Waals surface area contributed by atoms with E-state index in [1.54, 1.807) is 13.8 Å². The summed E-state index contributed by atoms with van der Waals surface area (Å²) in [5.74, 6) is -1.06. The maximum absolute atomic E-state index is 12.1. The molecule has 1 N–H and O–H groups in total. The first kappa shape index (κ1) is 19.4. The van der Waals surface area contributed by atoms with Crippen LogP contribution in [-0.2, 0) is 9.53 Å². The van der Waals surface area contributed by atoms with Gasteiger partial charge < -0.3 is 14.8 Å². The highest BCUT2D eigenvalue weighted by molar-refractivity contribution is 5.97. The first-order valence-electron chi connectivity index (χ1n) is 7.51. The Morgan fingerprint density at radius 3 is 2.54 bits per heavy atom. The van der Waals surface area contributed by atoms with Gasteiger partial charge >= 0.3 is 5.97 Å². The molecule has 0 bridgehead atoms. The van der Waals surface area contributed by atoms with Crippen molar-refractivity contribution in [2.24, 2.45) is 5.41 Å². The van der Waals surface area contributed by atoms with E-state index in [1.165, 1.54) is 18.2 Å². The van der Waals surface area contributed by atoms with Crippen molar-refractivity contribution in [1.82, 2.24) is 5.32 Å². The van der Waals surface area contributed by atoms with Crippen LogP contribution in [0.1, 0.15) is 37.6 Å². The van der Waals surface area contributed by atoms with Crippen molar-refractivity contribution in [3.8, 4) is 5.75 Å². The fraction of sp³-hybridized carbons (Fsp3) is 0.500. The summed E-state index contributed by atoms with van der Waals surface area (Å²) in [6, 6.07) is 4.03. The summed E-state index contributed by atoms with van der Waals surface area (Å²) in [5.41, 5.74) is -1.55. The Morgan fingerprint density at radius 1 is 1.33 bits per heavy atom. The Labute approximate surface area is 140 Å². The van der Waals surface area contributed by atoms with E-state index >= 15 is 0 Å². The number of nitro groups is 1. The minimum atomic E-state index is -0.870. The molecule has 0 aliphatic carbocycles. The molecule has 0 saturated carbocycles. The zero-order valence-electron chi connectivity index (χ0n) is 14.3. The molecule has 8 heteroatoms. The summed E-state index contributed by atoms with van der Waals surface area (Å²) in [5, 5.41) is 13.9. The highest BCUT2D eigenvalue weighted by Gasteiger charge is 2.31. The molecule has 0 aliphatic rings. The van der Waals surface area contributed by atoms with Crippen molar-refractivity contribution in [3.05, 3.63) is 33.9 Å². The molecule has 0 heterocycles. The monoisotopic (exact) mass is 338 g/mol. The van der Waals surface area contributed by atoms with Crippen molar-refractivity contribution in [2.75, 3.05) is 20.3 Å². The van der Waals surface area contributed by atoms with E-state index in [0.717, 1.165) is 13.5 Å². The van der Waals surface area contributed by atoms with Gasteiger partial charge in [0.25, 0.3) is 5.69 Å². The van der Waals surface area contributed by atoms with Gasteiger partial charge in [0.05, 0.1) is 17.4 Å². The Hall–Kier alpha value is -2.64. The number of esters is 1. The molecular weight excluding hydrogens is 316 g/mol. The van der Waals surface area contributed by atoms with Crippen molar-refractivity contribution in [2.45, 2.75) is 27.2 Å². The lowest BCUT2D eigenvalue weighted by Gasteiger charge is -2.24. The molecule has 0 spiro atoms. The predicted octanol–water partition coefficient (Wildman–Crippen LogP) is 2.31. The summed E-state index contributed by atoms with van der Waals surface area (Å²) in [6.07, 6.45) is 0.806. The van der Waals surface area contributed by atoms with Gasteiger partial charge in [-0.15, -0.1) is 0 Å². The van der Waals surface area contributed by atoms with Crippen molar-refractivity contribution in [1.29, 1.82) is 0 Å².